The molecule has 0 aliphatic carbocycles. The van der Waals surface area contributed by atoms with Crippen molar-refractivity contribution in [3.8, 4) is 0 Å². The monoisotopic (exact) mass is 209 g/mol. The Morgan fingerprint density at radius 1 is 1.43 bits per heavy atom. The molecule has 76 valence electrons. The van der Waals surface area contributed by atoms with Crippen LogP contribution in [0.5, 0.6) is 0 Å². The third kappa shape index (κ3) is 2.35. The van der Waals surface area contributed by atoms with E-state index in [1.807, 2.05) is 12.1 Å². The Hall–Kier alpha value is -0.830. The Morgan fingerprint density at radius 2 is 2.21 bits per heavy atom. The highest BCUT2D eigenvalue weighted by atomic mass is 32.1. The number of rotatable bonds is 3. The van der Waals surface area contributed by atoms with E-state index >= 15 is 0 Å². The van der Waals surface area contributed by atoms with Gasteiger partial charge in [-0.05, 0) is 25.0 Å². The highest BCUT2D eigenvalue weighted by molar-refractivity contribution is 7.80. The zero-order chi connectivity index (χ0) is 9.80. The number of furan rings is 1. The Bertz CT molecular complexity index is 288. The average Bonchev–Trinajstić information content (AvgIpc) is 2.87. The van der Waals surface area contributed by atoms with Gasteiger partial charge in [-0.1, -0.05) is 12.2 Å². The van der Waals surface area contributed by atoms with Crippen LogP contribution in [0.2, 0.25) is 0 Å². The number of hydrogen-bond acceptors (Lipinski definition) is 2. The second kappa shape index (κ2) is 4.60. The SMILES string of the molecule is S=C(CCc1ccco1)N1CCCC1. The highest BCUT2D eigenvalue weighted by Crippen LogP contribution is 2.12. The lowest BCUT2D eigenvalue weighted by atomic mass is 10.2. The molecule has 1 saturated heterocycles. The van der Waals surface area contributed by atoms with E-state index in [4.69, 9.17) is 16.6 Å². The van der Waals surface area contributed by atoms with E-state index in [1.165, 1.54) is 12.8 Å². The van der Waals surface area contributed by atoms with Gasteiger partial charge in [0.25, 0.3) is 0 Å². The van der Waals surface area contributed by atoms with Crippen LogP contribution in [0.25, 0.3) is 0 Å². The smallest absolute Gasteiger partial charge is 0.104 e. The van der Waals surface area contributed by atoms with Crippen molar-refractivity contribution in [2.45, 2.75) is 25.7 Å². The molecule has 2 rings (SSSR count). The van der Waals surface area contributed by atoms with Crippen LogP contribution in [0, 0.1) is 0 Å². The second-order valence-electron chi connectivity index (χ2n) is 3.67. The number of likely N-dealkylation sites (tertiary alicyclic amines) is 1. The van der Waals surface area contributed by atoms with Crippen molar-refractivity contribution < 1.29 is 4.42 Å². The predicted molar refractivity (Wildman–Crippen MR) is 60.4 cm³/mol. The van der Waals surface area contributed by atoms with E-state index < -0.39 is 0 Å². The average molecular weight is 209 g/mol. The largest absolute Gasteiger partial charge is 0.469 e. The van der Waals surface area contributed by atoms with E-state index in [-0.39, 0.29) is 0 Å². The van der Waals surface area contributed by atoms with Gasteiger partial charge in [0.15, 0.2) is 0 Å². The van der Waals surface area contributed by atoms with E-state index in [1.54, 1.807) is 6.26 Å². The summed E-state index contributed by atoms with van der Waals surface area (Å²) in [6.45, 7) is 2.30. The topological polar surface area (TPSA) is 16.4 Å². The minimum atomic E-state index is 0.933. The third-order valence-corrected chi connectivity index (χ3v) is 3.09. The molecule has 1 fully saturated rings. The Kier molecular flexibility index (Phi) is 3.19. The third-order valence-electron chi connectivity index (χ3n) is 2.62. The molecule has 1 aromatic heterocycles. The Morgan fingerprint density at radius 3 is 2.86 bits per heavy atom. The van der Waals surface area contributed by atoms with Gasteiger partial charge in [0.2, 0.25) is 0 Å². The molecule has 2 nitrogen and oxygen atoms in total. The first kappa shape index (κ1) is 9.71. The molecular weight excluding hydrogens is 194 g/mol. The summed E-state index contributed by atoms with van der Waals surface area (Å²) >= 11 is 5.37. The standard InChI is InChI=1S/C11H15NOS/c14-11(12-7-1-2-8-12)6-5-10-4-3-9-13-10/h3-4,9H,1-2,5-8H2. The van der Waals surface area contributed by atoms with Gasteiger partial charge in [-0.25, -0.2) is 0 Å². The maximum Gasteiger partial charge on any atom is 0.104 e. The second-order valence-corrected chi connectivity index (χ2v) is 4.14. The van der Waals surface area contributed by atoms with Crippen LogP contribution in [0.15, 0.2) is 22.8 Å². The molecule has 0 unspecified atom stereocenters. The van der Waals surface area contributed by atoms with Crippen molar-refractivity contribution in [1.82, 2.24) is 4.90 Å². The molecule has 0 N–H and O–H groups in total. The van der Waals surface area contributed by atoms with Crippen LogP contribution in [-0.2, 0) is 6.42 Å². The van der Waals surface area contributed by atoms with Crippen molar-refractivity contribution in [2.75, 3.05) is 13.1 Å². The van der Waals surface area contributed by atoms with Crippen molar-refractivity contribution in [3.05, 3.63) is 24.2 Å². The molecule has 0 bridgehead atoms. The molecule has 1 aromatic rings. The fraction of sp³-hybridized carbons (Fsp3) is 0.545. The zero-order valence-electron chi connectivity index (χ0n) is 8.24. The summed E-state index contributed by atoms with van der Waals surface area (Å²) in [7, 11) is 0. The molecule has 0 saturated carbocycles. The molecule has 1 aliphatic heterocycles. The lowest BCUT2D eigenvalue weighted by Gasteiger charge is -2.17. The molecule has 0 atom stereocenters. The molecule has 0 spiro atoms. The van der Waals surface area contributed by atoms with Gasteiger partial charge in [0.1, 0.15) is 5.76 Å². The maximum atomic E-state index is 5.37. The summed E-state index contributed by atoms with van der Waals surface area (Å²) in [5.74, 6) is 1.03. The summed E-state index contributed by atoms with van der Waals surface area (Å²) in [6, 6.07) is 3.93. The molecule has 0 aromatic carbocycles. The van der Waals surface area contributed by atoms with Crippen LogP contribution in [0.1, 0.15) is 25.0 Å². The minimum absolute atomic E-state index is 0.933. The number of hydrogen-bond donors (Lipinski definition) is 0. The minimum Gasteiger partial charge on any atom is -0.469 e. The van der Waals surface area contributed by atoms with Gasteiger partial charge in [0, 0.05) is 25.9 Å². The number of nitrogens with zero attached hydrogens (tertiary/aromatic N) is 1. The van der Waals surface area contributed by atoms with E-state index in [9.17, 15) is 0 Å². The first-order valence-electron chi connectivity index (χ1n) is 5.16. The van der Waals surface area contributed by atoms with Crippen molar-refractivity contribution in [1.29, 1.82) is 0 Å². The molecule has 14 heavy (non-hydrogen) atoms. The van der Waals surface area contributed by atoms with Crippen molar-refractivity contribution in [2.24, 2.45) is 0 Å². The summed E-state index contributed by atoms with van der Waals surface area (Å²) in [6.07, 6.45) is 6.18. The molecule has 1 aliphatic rings. The fourth-order valence-electron chi connectivity index (χ4n) is 1.81. The predicted octanol–water partition coefficient (Wildman–Crippen LogP) is 2.64. The summed E-state index contributed by atoms with van der Waals surface area (Å²) in [5, 5.41) is 0. The van der Waals surface area contributed by atoms with E-state index in [0.29, 0.717) is 0 Å². The first-order valence-corrected chi connectivity index (χ1v) is 5.57. The number of aryl methyl sites for hydroxylation is 1. The van der Waals surface area contributed by atoms with Crippen molar-refractivity contribution in [3.63, 3.8) is 0 Å². The van der Waals surface area contributed by atoms with E-state index in [0.717, 1.165) is 36.7 Å². The Labute approximate surface area is 89.9 Å². The highest BCUT2D eigenvalue weighted by Gasteiger charge is 2.14. The van der Waals surface area contributed by atoms with Crippen LogP contribution in [0.3, 0.4) is 0 Å². The van der Waals surface area contributed by atoms with Gasteiger partial charge in [-0.2, -0.15) is 0 Å². The van der Waals surface area contributed by atoms with Gasteiger partial charge >= 0.3 is 0 Å². The fourth-order valence-corrected chi connectivity index (χ4v) is 2.09. The molecule has 3 heteroatoms. The van der Waals surface area contributed by atoms with Gasteiger partial charge in [0.05, 0.1) is 11.3 Å². The van der Waals surface area contributed by atoms with Crippen LogP contribution >= 0.6 is 12.2 Å². The Balaban J connectivity index is 1.77. The van der Waals surface area contributed by atoms with Crippen molar-refractivity contribution >= 4 is 17.2 Å². The molecular formula is C11H15NOS. The summed E-state index contributed by atoms with van der Waals surface area (Å²) in [5.41, 5.74) is 0. The summed E-state index contributed by atoms with van der Waals surface area (Å²) < 4.78 is 5.27. The summed E-state index contributed by atoms with van der Waals surface area (Å²) in [4.78, 5) is 3.41. The van der Waals surface area contributed by atoms with Gasteiger partial charge in [-0.15, -0.1) is 0 Å². The quantitative estimate of drug-likeness (QED) is 0.712. The molecule has 0 radical (unpaired) electrons. The van der Waals surface area contributed by atoms with Gasteiger partial charge < -0.3 is 9.32 Å². The van der Waals surface area contributed by atoms with Crippen LogP contribution < -0.4 is 0 Å². The normalized spacial score (nSPS) is 16.1. The zero-order valence-corrected chi connectivity index (χ0v) is 9.05. The maximum absolute atomic E-state index is 5.37. The van der Waals surface area contributed by atoms with Crippen LogP contribution in [0.4, 0.5) is 0 Å². The molecule has 2 heterocycles. The lowest BCUT2D eigenvalue weighted by molar-refractivity contribution is 0.493. The van der Waals surface area contributed by atoms with Gasteiger partial charge in [-0.3, -0.25) is 0 Å². The van der Waals surface area contributed by atoms with E-state index in [2.05, 4.69) is 4.90 Å². The first-order chi connectivity index (χ1) is 6.86. The lowest BCUT2D eigenvalue weighted by Crippen LogP contribution is -2.26. The molecule has 0 amide bonds. The van der Waals surface area contributed by atoms with Crippen LogP contribution in [-0.4, -0.2) is 23.0 Å². The number of thiocarbonyl (C=S) groups is 1.